The van der Waals surface area contributed by atoms with E-state index in [1.54, 1.807) is 36.4 Å². The lowest BCUT2D eigenvalue weighted by Crippen LogP contribution is -2.24. The number of carbonyl (C=O) groups is 2. The van der Waals surface area contributed by atoms with Gasteiger partial charge in [0, 0.05) is 5.56 Å². The van der Waals surface area contributed by atoms with E-state index in [1.165, 1.54) is 6.21 Å². The van der Waals surface area contributed by atoms with Gasteiger partial charge in [0.1, 0.15) is 11.5 Å². The molecule has 170 valence electrons. The number of hydrazone groups is 1. The molecule has 0 aliphatic heterocycles. The Hall–Kier alpha value is -4.16. The molecule has 7 heteroatoms. The Bertz CT molecular complexity index is 1380. The minimum Gasteiger partial charge on any atom is -0.483 e. The molecule has 0 fully saturated rings. The van der Waals surface area contributed by atoms with E-state index in [2.05, 4.69) is 10.5 Å². The highest BCUT2D eigenvalue weighted by molar-refractivity contribution is 6.33. The van der Waals surface area contributed by atoms with Crippen molar-refractivity contribution in [3.8, 4) is 11.5 Å². The monoisotopic (exact) mass is 472 g/mol. The van der Waals surface area contributed by atoms with Crippen molar-refractivity contribution >= 4 is 40.5 Å². The van der Waals surface area contributed by atoms with Crippen LogP contribution in [0.3, 0.4) is 0 Å². The van der Waals surface area contributed by atoms with E-state index in [4.69, 9.17) is 21.1 Å². The highest BCUT2D eigenvalue weighted by Gasteiger charge is 2.16. The molecule has 4 aromatic rings. The number of hydrogen-bond acceptors (Lipinski definition) is 5. The quantitative estimate of drug-likeness (QED) is 0.165. The number of esters is 1. The van der Waals surface area contributed by atoms with E-state index in [0.717, 1.165) is 16.3 Å². The Labute approximate surface area is 201 Å². The molecule has 0 radical (unpaired) electrons. The van der Waals surface area contributed by atoms with Crippen molar-refractivity contribution in [3.63, 3.8) is 0 Å². The molecule has 1 amide bonds. The molecule has 0 unspecified atom stereocenters. The van der Waals surface area contributed by atoms with Crippen LogP contribution < -0.4 is 14.9 Å². The summed E-state index contributed by atoms with van der Waals surface area (Å²) in [6.45, 7) is 1.71. The van der Waals surface area contributed by atoms with Crippen molar-refractivity contribution in [1.29, 1.82) is 0 Å². The molecule has 0 atom stereocenters. The topological polar surface area (TPSA) is 77.0 Å². The van der Waals surface area contributed by atoms with Crippen LogP contribution in [0.1, 0.15) is 21.5 Å². The molecule has 34 heavy (non-hydrogen) atoms. The van der Waals surface area contributed by atoms with Crippen molar-refractivity contribution in [2.75, 3.05) is 6.61 Å². The third-order valence-corrected chi connectivity index (χ3v) is 5.39. The Kier molecular flexibility index (Phi) is 7.20. The second-order valence-corrected chi connectivity index (χ2v) is 7.82. The number of benzene rings is 4. The maximum atomic E-state index is 12.7. The van der Waals surface area contributed by atoms with Crippen LogP contribution in [0.4, 0.5) is 0 Å². The first kappa shape index (κ1) is 23.0. The lowest BCUT2D eigenvalue weighted by Gasteiger charge is -2.11. The average molecular weight is 473 g/mol. The van der Waals surface area contributed by atoms with E-state index in [-0.39, 0.29) is 17.9 Å². The van der Waals surface area contributed by atoms with Crippen LogP contribution in [-0.4, -0.2) is 24.7 Å². The second-order valence-electron chi connectivity index (χ2n) is 7.42. The first-order chi connectivity index (χ1) is 16.5. The van der Waals surface area contributed by atoms with Crippen LogP contribution in [0.15, 0.2) is 90.0 Å². The fraction of sp³-hybridized carbons (Fsp3) is 0.0741. The van der Waals surface area contributed by atoms with E-state index in [1.807, 2.05) is 55.5 Å². The van der Waals surface area contributed by atoms with E-state index >= 15 is 0 Å². The van der Waals surface area contributed by atoms with E-state index in [9.17, 15) is 9.59 Å². The molecule has 4 aromatic carbocycles. The fourth-order valence-corrected chi connectivity index (χ4v) is 3.56. The number of nitrogens with zero attached hydrogens (tertiary/aromatic N) is 1. The molecular formula is C27H21ClN2O4. The number of halogens is 1. The van der Waals surface area contributed by atoms with Gasteiger partial charge in [0.25, 0.3) is 5.91 Å². The fourth-order valence-electron chi connectivity index (χ4n) is 3.34. The van der Waals surface area contributed by atoms with Crippen LogP contribution >= 0.6 is 11.6 Å². The lowest BCUT2D eigenvalue weighted by molar-refractivity contribution is -0.123. The van der Waals surface area contributed by atoms with Gasteiger partial charge in [-0.3, -0.25) is 4.79 Å². The number of hydrogen-bond donors (Lipinski definition) is 1. The van der Waals surface area contributed by atoms with E-state index < -0.39 is 11.9 Å². The first-order valence-corrected chi connectivity index (χ1v) is 10.9. The summed E-state index contributed by atoms with van der Waals surface area (Å²) in [6.07, 6.45) is 1.45. The molecule has 0 spiro atoms. The Morgan fingerprint density at radius 1 is 0.912 bits per heavy atom. The van der Waals surface area contributed by atoms with Crippen molar-refractivity contribution < 1.29 is 19.1 Å². The summed E-state index contributed by atoms with van der Waals surface area (Å²) in [6, 6.07) is 25.2. The van der Waals surface area contributed by atoms with Gasteiger partial charge in [-0.2, -0.15) is 5.10 Å². The van der Waals surface area contributed by atoms with Crippen molar-refractivity contribution in [2.45, 2.75) is 6.92 Å². The second kappa shape index (κ2) is 10.6. The molecule has 0 saturated carbocycles. The normalized spacial score (nSPS) is 10.9. The van der Waals surface area contributed by atoms with Crippen molar-refractivity contribution in [2.24, 2.45) is 5.10 Å². The van der Waals surface area contributed by atoms with Gasteiger partial charge in [0.2, 0.25) is 0 Å². The predicted octanol–water partition coefficient (Wildman–Crippen LogP) is 5.55. The highest BCUT2D eigenvalue weighted by Crippen LogP contribution is 2.28. The standard InChI is InChI=1S/C27H21ClN2O4/c1-18-8-2-7-13-24(18)33-17-26(31)30-29-16-22-20-10-4-3-9-19(20)14-15-25(22)34-27(32)21-11-5-6-12-23(21)28/h2-16H,17H2,1H3,(H,30,31)/b29-16-. The molecule has 0 aliphatic rings. The summed E-state index contributed by atoms with van der Waals surface area (Å²) < 4.78 is 11.2. The average Bonchev–Trinajstić information content (AvgIpc) is 2.85. The molecule has 1 N–H and O–H groups in total. The van der Waals surface area contributed by atoms with Gasteiger partial charge >= 0.3 is 5.97 Å². The molecule has 0 aromatic heterocycles. The molecule has 0 aliphatic carbocycles. The van der Waals surface area contributed by atoms with Gasteiger partial charge < -0.3 is 9.47 Å². The summed E-state index contributed by atoms with van der Waals surface area (Å²) in [5, 5.41) is 6.09. The first-order valence-electron chi connectivity index (χ1n) is 10.5. The Morgan fingerprint density at radius 3 is 2.47 bits per heavy atom. The van der Waals surface area contributed by atoms with Crippen LogP contribution in [0, 0.1) is 6.92 Å². The summed E-state index contributed by atoms with van der Waals surface area (Å²) in [7, 11) is 0. The Morgan fingerprint density at radius 2 is 1.65 bits per heavy atom. The third-order valence-electron chi connectivity index (χ3n) is 5.06. The molecule has 0 heterocycles. The van der Waals surface area contributed by atoms with Gasteiger partial charge in [0.15, 0.2) is 6.61 Å². The third kappa shape index (κ3) is 5.42. The Balaban J connectivity index is 1.53. The summed E-state index contributed by atoms with van der Waals surface area (Å²) in [5.74, 6) is -0.0946. The summed E-state index contributed by atoms with van der Waals surface area (Å²) >= 11 is 6.14. The van der Waals surface area contributed by atoms with Gasteiger partial charge in [-0.05, 0) is 47.5 Å². The largest absolute Gasteiger partial charge is 0.483 e. The van der Waals surface area contributed by atoms with Gasteiger partial charge in [-0.25, -0.2) is 10.2 Å². The van der Waals surface area contributed by atoms with Crippen LogP contribution in [-0.2, 0) is 4.79 Å². The van der Waals surface area contributed by atoms with Crippen LogP contribution in [0.2, 0.25) is 5.02 Å². The van der Waals surface area contributed by atoms with Gasteiger partial charge in [-0.15, -0.1) is 0 Å². The highest BCUT2D eigenvalue weighted by atomic mass is 35.5. The minimum atomic E-state index is -0.591. The lowest BCUT2D eigenvalue weighted by atomic mass is 10.0. The van der Waals surface area contributed by atoms with Crippen LogP contribution in [0.5, 0.6) is 11.5 Å². The molecule has 4 rings (SSSR count). The molecule has 6 nitrogen and oxygen atoms in total. The SMILES string of the molecule is Cc1ccccc1OCC(=O)N/N=C\c1c(OC(=O)c2ccccc2Cl)ccc2ccccc12. The zero-order valence-electron chi connectivity index (χ0n) is 18.3. The number of amides is 1. The number of nitrogens with one attached hydrogen (secondary N) is 1. The zero-order valence-corrected chi connectivity index (χ0v) is 19.1. The van der Waals surface area contributed by atoms with Crippen molar-refractivity contribution in [1.82, 2.24) is 5.43 Å². The van der Waals surface area contributed by atoms with Gasteiger partial charge in [0.05, 0.1) is 16.8 Å². The number of rotatable bonds is 7. The summed E-state index contributed by atoms with van der Waals surface area (Å²) in [4.78, 5) is 24.9. The molecule has 0 saturated heterocycles. The number of para-hydroxylation sites is 1. The van der Waals surface area contributed by atoms with Crippen molar-refractivity contribution in [3.05, 3.63) is 107 Å². The van der Waals surface area contributed by atoms with E-state index in [0.29, 0.717) is 16.3 Å². The number of carbonyl (C=O) groups excluding carboxylic acids is 2. The van der Waals surface area contributed by atoms with Crippen LogP contribution in [0.25, 0.3) is 10.8 Å². The maximum absolute atomic E-state index is 12.7. The zero-order chi connectivity index (χ0) is 23.9. The molecular weight excluding hydrogens is 452 g/mol. The number of ether oxygens (including phenoxy) is 2. The smallest absolute Gasteiger partial charge is 0.345 e. The number of fused-ring (bicyclic) bond motifs is 1. The molecule has 0 bridgehead atoms. The minimum absolute atomic E-state index is 0.188. The summed E-state index contributed by atoms with van der Waals surface area (Å²) in [5.41, 5.74) is 4.17. The van der Waals surface area contributed by atoms with Gasteiger partial charge in [-0.1, -0.05) is 72.3 Å². The number of aryl methyl sites for hydroxylation is 1. The predicted molar refractivity (Wildman–Crippen MR) is 133 cm³/mol. The maximum Gasteiger partial charge on any atom is 0.345 e.